The van der Waals surface area contributed by atoms with Crippen LogP contribution in [0.4, 0.5) is 5.69 Å². The van der Waals surface area contributed by atoms with Crippen LogP contribution in [0, 0.1) is 6.92 Å². The molecule has 0 aliphatic carbocycles. The smallest absolute Gasteiger partial charge is 0.253 e. The number of nitrogens with zero attached hydrogens (tertiary/aromatic N) is 2. The number of rotatable bonds is 3. The summed E-state index contributed by atoms with van der Waals surface area (Å²) in [5, 5.41) is 3.13. The van der Waals surface area contributed by atoms with Gasteiger partial charge in [-0.05, 0) is 44.5 Å². The predicted octanol–water partition coefficient (Wildman–Crippen LogP) is 2.20. The summed E-state index contributed by atoms with van der Waals surface area (Å²) >= 11 is 0. The highest BCUT2D eigenvalue weighted by Crippen LogP contribution is 2.18. The van der Waals surface area contributed by atoms with Gasteiger partial charge in [0.05, 0.1) is 0 Å². The molecule has 2 rings (SSSR count). The monoisotopic (exact) mass is 275 g/mol. The summed E-state index contributed by atoms with van der Waals surface area (Å²) in [7, 11) is 1.90. The first-order chi connectivity index (χ1) is 9.52. The summed E-state index contributed by atoms with van der Waals surface area (Å²) in [5.41, 5.74) is 2.98. The van der Waals surface area contributed by atoms with Crippen molar-refractivity contribution in [2.24, 2.45) is 0 Å². The van der Waals surface area contributed by atoms with E-state index in [4.69, 9.17) is 0 Å². The number of hydrogen-bond donors (Lipinski definition) is 1. The van der Waals surface area contributed by atoms with Gasteiger partial charge in [-0.2, -0.15) is 0 Å². The number of nitrogens with one attached hydrogen (secondary N) is 1. The predicted molar refractivity (Wildman–Crippen MR) is 83.3 cm³/mol. The average molecular weight is 275 g/mol. The van der Waals surface area contributed by atoms with E-state index in [-0.39, 0.29) is 5.91 Å². The zero-order valence-corrected chi connectivity index (χ0v) is 12.9. The topological polar surface area (TPSA) is 35.6 Å². The molecular formula is C16H25N3O. The van der Waals surface area contributed by atoms with Gasteiger partial charge in [-0.3, -0.25) is 9.69 Å². The normalized spacial score (nSPS) is 16.6. The van der Waals surface area contributed by atoms with Crippen molar-refractivity contribution < 1.29 is 4.79 Å². The Morgan fingerprint density at radius 2 is 1.85 bits per heavy atom. The molecule has 20 heavy (non-hydrogen) atoms. The molecule has 1 saturated heterocycles. The zero-order chi connectivity index (χ0) is 14.7. The number of hydrogen-bond acceptors (Lipinski definition) is 3. The quantitative estimate of drug-likeness (QED) is 0.918. The third kappa shape index (κ3) is 3.12. The Bertz CT molecular complexity index is 477. The summed E-state index contributed by atoms with van der Waals surface area (Å²) in [6.45, 7) is 10.0. The standard InChI is InChI=1S/C16H25N3O/c1-12(2)18-7-9-19(10-8-18)16(20)14-5-6-15(17-4)13(3)11-14/h5-6,11-12,17H,7-10H2,1-4H3. The average Bonchev–Trinajstić information content (AvgIpc) is 2.46. The molecule has 1 heterocycles. The molecule has 4 heteroatoms. The number of aryl methyl sites for hydroxylation is 1. The van der Waals surface area contributed by atoms with Gasteiger partial charge in [-0.1, -0.05) is 0 Å². The van der Waals surface area contributed by atoms with Crippen LogP contribution in [0.3, 0.4) is 0 Å². The lowest BCUT2D eigenvalue weighted by atomic mass is 10.1. The maximum atomic E-state index is 12.5. The minimum absolute atomic E-state index is 0.152. The highest BCUT2D eigenvalue weighted by atomic mass is 16.2. The molecule has 1 fully saturated rings. The maximum absolute atomic E-state index is 12.5. The lowest BCUT2D eigenvalue weighted by Gasteiger charge is -2.37. The first-order valence-corrected chi connectivity index (χ1v) is 7.34. The van der Waals surface area contributed by atoms with Gasteiger partial charge in [-0.15, -0.1) is 0 Å². The molecule has 0 aromatic heterocycles. The summed E-state index contributed by atoms with van der Waals surface area (Å²) in [5.74, 6) is 0.152. The van der Waals surface area contributed by atoms with Crippen molar-refractivity contribution in [1.82, 2.24) is 9.80 Å². The first kappa shape index (κ1) is 14.9. The molecule has 110 valence electrons. The van der Waals surface area contributed by atoms with E-state index in [1.165, 1.54) is 0 Å². The van der Waals surface area contributed by atoms with Gasteiger partial charge in [0.2, 0.25) is 0 Å². The molecule has 1 aromatic rings. The van der Waals surface area contributed by atoms with Crippen LogP contribution in [-0.2, 0) is 0 Å². The second-order valence-electron chi connectivity index (χ2n) is 5.70. The van der Waals surface area contributed by atoms with Crippen molar-refractivity contribution in [2.75, 3.05) is 38.5 Å². The molecular weight excluding hydrogens is 250 g/mol. The molecule has 0 radical (unpaired) electrons. The van der Waals surface area contributed by atoms with Crippen molar-refractivity contribution in [3.63, 3.8) is 0 Å². The molecule has 0 saturated carbocycles. The maximum Gasteiger partial charge on any atom is 0.253 e. The van der Waals surface area contributed by atoms with Gasteiger partial charge in [0.1, 0.15) is 0 Å². The second-order valence-corrected chi connectivity index (χ2v) is 5.70. The van der Waals surface area contributed by atoms with Crippen molar-refractivity contribution in [3.05, 3.63) is 29.3 Å². The van der Waals surface area contributed by atoms with Crippen molar-refractivity contribution in [3.8, 4) is 0 Å². The third-order valence-corrected chi connectivity index (χ3v) is 4.07. The lowest BCUT2D eigenvalue weighted by Crippen LogP contribution is -2.50. The van der Waals surface area contributed by atoms with Crippen LogP contribution in [0.15, 0.2) is 18.2 Å². The number of piperazine rings is 1. The second kappa shape index (κ2) is 6.27. The molecule has 1 aromatic carbocycles. The number of amides is 1. The van der Waals surface area contributed by atoms with Gasteiger partial charge in [-0.25, -0.2) is 0 Å². The summed E-state index contributed by atoms with van der Waals surface area (Å²) < 4.78 is 0. The Labute approximate surface area is 121 Å². The first-order valence-electron chi connectivity index (χ1n) is 7.34. The zero-order valence-electron chi connectivity index (χ0n) is 12.9. The van der Waals surface area contributed by atoms with E-state index in [9.17, 15) is 4.79 Å². The summed E-state index contributed by atoms with van der Waals surface area (Å²) in [6, 6.07) is 6.43. The fraction of sp³-hybridized carbons (Fsp3) is 0.562. The van der Waals surface area contributed by atoms with E-state index in [1.54, 1.807) is 0 Å². The van der Waals surface area contributed by atoms with E-state index in [0.29, 0.717) is 6.04 Å². The van der Waals surface area contributed by atoms with Gasteiger partial charge >= 0.3 is 0 Å². The molecule has 1 aliphatic rings. The molecule has 0 unspecified atom stereocenters. The Hall–Kier alpha value is -1.55. The lowest BCUT2D eigenvalue weighted by molar-refractivity contribution is 0.0595. The number of carbonyl (C=O) groups excluding carboxylic acids is 1. The number of benzene rings is 1. The SMILES string of the molecule is CNc1ccc(C(=O)N2CCN(C(C)C)CC2)cc1C. The van der Waals surface area contributed by atoms with E-state index in [2.05, 4.69) is 24.1 Å². The Kier molecular flexibility index (Phi) is 4.65. The minimum Gasteiger partial charge on any atom is -0.388 e. The van der Waals surface area contributed by atoms with Crippen LogP contribution in [0.1, 0.15) is 29.8 Å². The fourth-order valence-electron chi connectivity index (χ4n) is 2.70. The minimum atomic E-state index is 0.152. The highest BCUT2D eigenvalue weighted by Gasteiger charge is 2.23. The van der Waals surface area contributed by atoms with Crippen LogP contribution in [0.2, 0.25) is 0 Å². The van der Waals surface area contributed by atoms with Crippen LogP contribution in [0.25, 0.3) is 0 Å². The van der Waals surface area contributed by atoms with Crippen molar-refractivity contribution in [1.29, 1.82) is 0 Å². The third-order valence-electron chi connectivity index (χ3n) is 4.07. The van der Waals surface area contributed by atoms with E-state index in [0.717, 1.165) is 43.0 Å². The van der Waals surface area contributed by atoms with Crippen molar-refractivity contribution >= 4 is 11.6 Å². The highest BCUT2D eigenvalue weighted by molar-refractivity contribution is 5.95. The van der Waals surface area contributed by atoms with Gasteiger partial charge in [0.15, 0.2) is 0 Å². The molecule has 0 spiro atoms. The van der Waals surface area contributed by atoms with Crippen molar-refractivity contribution in [2.45, 2.75) is 26.8 Å². The number of carbonyl (C=O) groups is 1. The Morgan fingerprint density at radius 3 is 2.35 bits per heavy atom. The fourth-order valence-corrected chi connectivity index (χ4v) is 2.70. The number of anilines is 1. The van der Waals surface area contributed by atoms with E-state index in [1.807, 2.05) is 37.1 Å². The van der Waals surface area contributed by atoms with E-state index < -0.39 is 0 Å². The van der Waals surface area contributed by atoms with Gasteiger partial charge < -0.3 is 10.2 Å². The molecule has 1 N–H and O–H groups in total. The van der Waals surface area contributed by atoms with Crippen LogP contribution >= 0.6 is 0 Å². The van der Waals surface area contributed by atoms with Gasteiger partial charge in [0, 0.05) is 50.5 Å². The van der Waals surface area contributed by atoms with E-state index >= 15 is 0 Å². The van der Waals surface area contributed by atoms with Gasteiger partial charge in [0.25, 0.3) is 5.91 Å². The molecule has 1 aliphatic heterocycles. The summed E-state index contributed by atoms with van der Waals surface area (Å²) in [4.78, 5) is 16.9. The van der Waals surface area contributed by atoms with Crippen LogP contribution < -0.4 is 5.32 Å². The molecule has 0 bridgehead atoms. The van der Waals surface area contributed by atoms with Crippen LogP contribution in [-0.4, -0.2) is 55.0 Å². The van der Waals surface area contributed by atoms with Crippen LogP contribution in [0.5, 0.6) is 0 Å². The Morgan fingerprint density at radius 1 is 1.20 bits per heavy atom. The molecule has 4 nitrogen and oxygen atoms in total. The molecule has 0 atom stereocenters. The summed E-state index contributed by atoms with van der Waals surface area (Å²) in [6.07, 6.45) is 0. The largest absolute Gasteiger partial charge is 0.388 e. The Balaban J connectivity index is 2.04. The molecule has 1 amide bonds.